The van der Waals surface area contributed by atoms with Gasteiger partial charge in [0.2, 0.25) is 0 Å². The molecule has 1 aromatic rings. The van der Waals surface area contributed by atoms with Crippen LogP contribution in [-0.4, -0.2) is 16.3 Å². The van der Waals surface area contributed by atoms with Gasteiger partial charge < -0.3 is 4.52 Å². The maximum Gasteiger partial charge on any atom is 0.195 e. The molecule has 0 aliphatic heterocycles. The highest BCUT2D eigenvalue weighted by molar-refractivity contribution is 9.09. The zero-order valence-corrected chi connectivity index (χ0v) is 7.31. The van der Waals surface area contributed by atoms with E-state index in [2.05, 4.69) is 25.6 Å². The number of hydrogen-bond donors (Lipinski definition) is 0. The Morgan fingerprint density at radius 2 is 2.50 bits per heavy atom. The van der Waals surface area contributed by atoms with Gasteiger partial charge in [0.15, 0.2) is 5.78 Å². The van der Waals surface area contributed by atoms with Crippen LogP contribution in [0, 0.1) is 0 Å². The number of rotatable bonds is 2. The Hall–Kier alpha value is -0.350. The summed E-state index contributed by atoms with van der Waals surface area (Å²) in [6.07, 6.45) is 1.37. The fourth-order valence-corrected chi connectivity index (χ4v) is 0.712. The normalized spacial score (nSPS) is 8.50. The first-order valence-corrected chi connectivity index (χ1v) is 3.46. The van der Waals surface area contributed by atoms with Crippen molar-refractivity contribution in [1.82, 2.24) is 5.16 Å². The largest absolute Gasteiger partial charge is 0.364 e. The highest BCUT2D eigenvalue weighted by Gasteiger charge is 2.04. The van der Waals surface area contributed by atoms with Crippen molar-refractivity contribution < 1.29 is 9.32 Å². The lowest BCUT2D eigenvalue weighted by Gasteiger charge is -1.82. The molecule has 5 heteroatoms. The SMILES string of the molecule is Cl.O=C(CBr)c1ccon1. The Labute approximate surface area is 72.3 Å². The number of aromatic nitrogens is 1. The van der Waals surface area contributed by atoms with Crippen LogP contribution >= 0.6 is 28.3 Å². The molecule has 0 N–H and O–H groups in total. The van der Waals surface area contributed by atoms with Crippen molar-refractivity contribution in [1.29, 1.82) is 0 Å². The molecule has 56 valence electrons. The van der Waals surface area contributed by atoms with E-state index in [0.717, 1.165) is 0 Å². The molecule has 0 amide bonds. The van der Waals surface area contributed by atoms with Gasteiger partial charge in [-0.1, -0.05) is 21.1 Å². The van der Waals surface area contributed by atoms with Gasteiger partial charge in [-0.25, -0.2) is 0 Å². The maximum absolute atomic E-state index is 10.7. The highest BCUT2D eigenvalue weighted by Crippen LogP contribution is 1.97. The summed E-state index contributed by atoms with van der Waals surface area (Å²) in [7, 11) is 0. The van der Waals surface area contributed by atoms with Crippen molar-refractivity contribution in [2.75, 3.05) is 5.33 Å². The third kappa shape index (κ3) is 2.11. The quantitative estimate of drug-likeness (QED) is 0.569. The van der Waals surface area contributed by atoms with Gasteiger partial charge in [0.25, 0.3) is 0 Å². The summed E-state index contributed by atoms with van der Waals surface area (Å²) in [6, 6.07) is 1.53. The van der Waals surface area contributed by atoms with E-state index in [1.807, 2.05) is 0 Å². The van der Waals surface area contributed by atoms with Crippen LogP contribution < -0.4 is 0 Å². The van der Waals surface area contributed by atoms with Gasteiger partial charge >= 0.3 is 0 Å². The van der Waals surface area contributed by atoms with Crippen molar-refractivity contribution in [2.45, 2.75) is 0 Å². The zero-order chi connectivity index (χ0) is 6.69. The number of alkyl halides is 1. The van der Waals surface area contributed by atoms with Crippen LogP contribution in [0.4, 0.5) is 0 Å². The number of Topliss-reactive ketones (excluding diaryl/α,β-unsaturated/α-hetero) is 1. The number of carbonyl (C=O) groups is 1. The summed E-state index contributed by atoms with van der Waals surface area (Å²) in [4.78, 5) is 10.7. The van der Waals surface area contributed by atoms with E-state index in [-0.39, 0.29) is 18.2 Å². The molecule has 0 spiro atoms. The van der Waals surface area contributed by atoms with Gasteiger partial charge in [0, 0.05) is 6.07 Å². The first-order chi connectivity index (χ1) is 4.34. The molecule has 0 saturated heterocycles. The summed E-state index contributed by atoms with van der Waals surface area (Å²) in [5, 5.41) is 3.72. The van der Waals surface area contributed by atoms with Crippen LogP contribution in [0.5, 0.6) is 0 Å². The van der Waals surface area contributed by atoms with E-state index in [1.165, 1.54) is 12.3 Å². The molecule has 0 aliphatic rings. The third-order valence-electron chi connectivity index (χ3n) is 0.845. The summed E-state index contributed by atoms with van der Waals surface area (Å²) >= 11 is 3.00. The minimum atomic E-state index is -0.0660. The average molecular weight is 226 g/mol. The molecule has 0 unspecified atom stereocenters. The minimum Gasteiger partial charge on any atom is -0.364 e. The lowest BCUT2D eigenvalue weighted by Crippen LogP contribution is -1.98. The zero-order valence-electron chi connectivity index (χ0n) is 4.91. The molecule has 0 saturated carbocycles. The smallest absolute Gasteiger partial charge is 0.195 e. The first-order valence-electron chi connectivity index (χ1n) is 2.34. The Morgan fingerprint density at radius 3 is 2.90 bits per heavy atom. The lowest BCUT2D eigenvalue weighted by atomic mass is 10.3. The molecule has 0 radical (unpaired) electrons. The summed E-state index contributed by atoms with van der Waals surface area (Å²) in [6.45, 7) is 0. The van der Waals surface area contributed by atoms with Crippen LogP contribution in [0.15, 0.2) is 16.9 Å². The topological polar surface area (TPSA) is 43.1 Å². The van der Waals surface area contributed by atoms with Gasteiger partial charge in [-0.2, -0.15) is 0 Å². The molecule has 1 rings (SSSR count). The molecule has 0 aliphatic carbocycles. The van der Waals surface area contributed by atoms with E-state index in [4.69, 9.17) is 0 Å². The number of nitrogens with zero attached hydrogens (tertiary/aromatic N) is 1. The van der Waals surface area contributed by atoms with Gasteiger partial charge in [-0.15, -0.1) is 12.4 Å². The highest BCUT2D eigenvalue weighted by atomic mass is 79.9. The Bertz CT molecular complexity index is 199. The monoisotopic (exact) mass is 225 g/mol. The first kappa shape index (κ1) is 9.65. The second-order valence-corrected chi connectivity index (χ2v) is 2.00. The fourth-order valence-electron chi connectivity index (χ4n) is 0.425. The van der Waals surface area contributed by atoms with Crippen LogP contribution in [0.1, 0.15) is 10.5 Å². The van der Waals surface area contributed by atoms with E-state index < -0.39 is 0 Å². The fraction of sp³-hybridized carbons (Fsp3) is 0.200. The van der Waals surface area contributed by atoms with Crippen molar-refractivity contribution >= 4 is 34.1 Å². The second-order valence-electron chi connectivity index (χ2n) is 1.44. The molecule has 1 aromatic heterocycles. The Morgan fingerprint density at radius 1 is 1.80 bits per heavy atom. The Balaban J connectivity index is 0.000000810. The molecule has 0 atom stereocenters. The van der Waals surface area contributed by atoms with E-state index >= 15 is 0 Å². The minimum absolute atomic E-state index is 0. The van der Waals surface area contributed by atoms with E-state index in [9.17, 15) is 4.79 Å². The Kier molecular flexibility index (Phi) is 4.31. The van der Waals surface area contributed by atoms with Crippen molar-refractivity contribution in [3.8, 4) is 0 Å². The number of halogens is 2. The standard InChI is InChI=1S/C5H4BrNO2.ClH/c6-3-5(8)4-1-2-9-7-4;/h1-2H,3H2;1H. The van der Waals surface area contributed by atoms with E-state index in [0.29, 0.717) is 11.0 Å². The average Bonchev–Trinajstić information content (AvgIpc) is 2.37. The number of carbonyl (C=O) groups excluding carboxylic acids is 1. The second kappa shape index (κ2) is 4.46. The van der Waals surface area contributed by atoms with Crippen molar-refractivity contribution in [3.63, 3.8) is 0 Å². The van der Waals surface area contributed by atoms with Crippen LogP contribution in [0.3, 0.4) is 0 Å². The van der Waals surface area contributed by atoms with Crippen molar-refractivity contribution in [3.05, 3.63) is 18.0 Å². The van der Waals surface area contributed by atoms with Crippen molar-refractivity contribution in [2.24, 2.45) is 0 Å². The molecule has 0 bridgehead atoms. The summed E-state index contributed by atoms with van der Waals surface area (Å²) in [5.41, 5.74) is 0.367. The summed E-state index contributed by atoms with van der Waals surface area (Å²) in [5.74, 6) is -0.0660. The maximum atomic E-state index is 10.7. The van der Waals surface area contributed by atoms with Crippen LogP contribution in [0.2, 0.25) is 0 Å². The predicted molar refractivity (Wildman–Crippen MR) is 41.9 cm³/mol. The molecule has 0 aromatic carbocycles. The number of hydrogen-bond acceptors (Lipinski definition) is 3. The van der Waals surface area contributed by atoms with E-state index in [1.54, 1.807) is 0 Å². The molecule has 1 heterocycles. The van der Waals surface area contributed by atoms with Gasteiger partial charge in [-0.3, -0.25) is 4.79 Å². The predicted octanol–water partition coefficient (Wildman–Crippen LogP) is 1.67. The molecular formula is C5H5BrClNO2. The number of ketones is 1. The molecule has 3 nitrogen and oxygen atoms in total. The third-order valence-corrected chi connectivity index (χ3v) is 1.35. The molecular weight excluding hydrogens is 221 g/mol. The van der Waals surface area contributed by atoms with Crippen LogP contribution in [0.25, 0.3) is 0 Å². The summed E-state index contributed by atoms with van der Waals surface area (Å²) < 4.78 is 4.45. The lowest BCUT2D eigenvalue weighted by molar-refractivity contribution is 0.101. The van der Waals surface area contributed by atoms with Gasteiger partial charge in [0.05, 0.1) is 5.33 Å². The van der Waals surface area contributed by atoms with Gasteiger partial charge in [0.1, 0.15) is 12.0 Å². The van der Waals surface area contributed by atoms with Gasteiger partial charge in [-0.05, 0) is 0 Å². The molecule has 0 fully saturated rings. The molecule has 10 heavy (non-hydrogen) atoms. The van der Waals surface area contributed by atoms with Crippen LogP contribution in [-0.2, 0) is 0 Å².